The van der Waals surface area contributed by atoms with E-state index in [-0.39, 0.29) is 24.5 Å². The molecule has 2 aromatic rings. The quantitative estimate of drug-likeness (QED) is 0.875. The van der Waals surface area contributed by atoms with Crippen LogP contribution in [0.25, 0.3) is 10.2 Å². The van der Waals surface area contributed by atoms with E-state index >= 15 is 0 Å². The molecule has 0 aliphatic carbocycles. The lowest BCUT2D eigenvalue weighted by Gasteiger charge is -2.21. The average Bonchev–Trinajstić information content (AvgIpc) is 2.75. The van der Waals surface area contributed by atoms with Crippen LogP contribution >= 0.6 is 11.3 Å². The largest absolute Gasteiger partial charge is 0.401 e. The SMILES string of the molecule is O=c1[nH]c(CN(CCO)CC(F)(F)F)nc2ccsc12. The molecule has 2 rings (SSSR count). The Hall–Kier alpha value is -1.45. The lowest BCUT2D eigenvalue weighted by molar-refractivity contribution is -0.148. The molecule has 0 amide bonds. The van der Waals surface area contributed by atoms with Gasteiger partial charge in [0.05, 0.1) is 25.2 Å². The van der Waals surface area contributed by atoms with E-state index < -0.39 is 19.3 Å². The topological polar surface area (TPSA) is 69.2 Å². The lowest BCUT2D eigenvalue weighted by atomic mass is 10.4. The second-order valence-electron chi connectivity index (χ2n) is 4.20. The summed E-state index contributed by atoms with van der Waals surface area (Å²) >= 11 is 1.22. The van der Waals surface area contributed by atoms with Gasteiger partial charge in [0.2, 0.25) is 0 Å². The zero-order valence-electron chi connectivity index (χ0n) is 10.3. The van der Waals surface area contributed by atoms with Crippen molar-refractivity contribution >= 4 is 21.6 Å². The normalized spacial score (nSPS) is 12.4. The molecule has 0 fully saturated rings. The van der Waals surface area contributed by atoms with E-state index in [1.807, 2.05) is 0 Å². The maximum absolute atomic E-state index is 12.4. The molecule has 0 saturated heterocycles. The van der Waals surface area contributed by atoms with Crippen molar-refractivity contribution in [3.05, 3.63) is 27.6 Å². The molecule has 0 bridgehead atoms. The number of nitrogens with zero attached hydrogens (tertiary/aromatic N) is 2. The first-order chi connectivity index (χ1) is 9.39. The standard InChI is InChI=1S/C11H12F3N3O2S/c12-11(13,14)6-17(2-3-18)5-8-15-7-1-4-20-9(7)10(19)16-8/h1,4,18H,2-3,5-6H2,(H,15,16,19). The van der Waals surface area contributed by atoms with Gasteiger partial charge in [-0.3, -0.25) is 9.69 Å². The Kier molecular flexibility index (Phi) is 4.41. The Morgan fingerprint density at radius 3 is 2.85 bits per heavy atom. The smallest absolute Gasteiger partial charge is 0.395 e. The summed E-state index contributed by atoms with van der Waals surface area (Å²) in [5.74, 6) is 0.151. The van der Waals surface area contributed by atoms with E-state index in [1.54, 1.807) is 11.4 Å². The number of aliphatic hydroxyl groups excluding tert-OH is 1. The van der Waals surface area contributed by atoms with E-state index in [0.29, 0.717) is 10.2 Å². The van der Waals surface area contributed by atoms with Crippen molar-refractivity contribution in [1.29, 1.82) is 0 Å². The molecule has 2 heterocycles. The number of halogens is 3. The predicted octanol–water partition coefficient (Wildman–Crippen LogP) is 1.34. The third-order valence-corrected chi connectivity index (χ3v) is 3.46. The highest BCUT2D eigenvalue weighted by molar-refractivity contribution is 7.17. The highest BCUT2D eigenvalue weighted by Gasteiger charge is 2.30. The van der Waals surface area contributed by atoms with Crippen LogP contribution in [0.5, 0.6) is 0 Å². The van der Waals surface area contributed by atoms with Crippen molar-refractivity contribution in [2.75, 3.05) is 19.7 Å². The Bertz CT molecular complexity index is 638. The van der Waals surface area contributed by atoms with Gasteiger partial charge in [-0.25, -0.2) is 4.98 Å². The van der Waals surface area contributed by atoms with Crippen LogP contribution in [-0.4, -0.2) is 45.8 Å². The second kappa shape index (κ2) is 5.90. The molecule has 5 nitrogen and oxygen atoms in total. The van der Waals surface area contributed by atoms with E-state index in [4.69, 9.17) is 5.11 Å². The molecule has 0 aliphatic rings. The zero-order chi connectivity index (χ0) is 14.8. The van der Waals surface area contributed by atoms with Crippen molar-refractivity contribution in [3.8, 4) is 0 Å². The number of rotatable bonds is 5. The monoisotopic (exact) mass is 307 g/mol. The first-order valence-corrected chi connectivity index (χ1v) is 6.63. The van der Waals surface area contributed by atoms with E-state index in [2.05, 4.69) is 9.97 Å². The number of nitrogens with one attached hydrogen (secondary N) is 1. The average molecular weight is 307 g/mol. The third-order valence-electron chi connectivity index (χ3n) is 2.56. The molecule has 9 heteroatoms. The van der Waals surface area contributed by atoms with Crippen LogP contribution in [0.2, 0.25) is 0 Å². The molecule has 0 atom stereocenters. The lowest BCUT2D eigenvalue weighted by Crippen LogP contribution is -2.36. The van der Waals surface area contributed by atoms with Crippen LogP contribution in [0.1, 0.15) is 5.82 Å². The van der Waals surface area contributed by atoms with E-state index in [9.17, 15) is 18.0 Å². The Balaban J connectivity index is 2.21. The van der Waals surface area contributed by atoms with Crippen LogP contribution in [0, 0.1) is 0 Å². The Labute approximate surface area is 115 Å². The van der Waals surface area contributed by atoms with Gasteiger partial charge in [-0.05, 0) is 11.4 Å². The number of aliphatic hydroxyl groups is 1. The van der Waals surface area contributed by atoms with Crippen LogP contribution in [0.15, 0.2) is 16.2 Å². The van der Waals surface area contributed by atoms with Crippen LogP contribution in [-0.2, 0) is 6.54 Å². The highest BCUT2D eigenvalue weighted by atomic mass is 32.1. The molecule has 2 N–H and O–H groups in total. The summed E-state index contributed by atoms with van der Waals surface area (Å²) in [6.45, 7) is -1.90. The first-order valence-electron chi connectivity index (χ1n) is 5.75. The van der Waals surface area contributed by atoms with Crippen molar-refractivity contribution < 1.29 is 18.3 Å². The molecule has 0 unspecified atom stereocenters. The van der Waals surface area contributed by atoms with Gasteiger partial charge in [-0.2, -0.15) is 13.2 Å². The molecule has 0 aliphatic heterocycles. The summed E-state index contributed by atoms with van der Waals surface area (Å²) in [7, 11) is 0. The number of thiophene rings is 1. The third kappa shape index (κ3) is 3.78. The van der Waals surface area contributed by atoms with Crippen LogP contribution in [0.3, 0.4) is 0 Å². The number of hydrogen-bond acceptors (Lipinski definition) is 5. The number of fused-ring (bicyclic) bond motifs is 1. The van der Waals surface area contributed by atoms with Gasteiger partial charge in [0.25, 0.3) is 5.56 Å². The summed E-state index contributed by atoms with van der Waals surface area (Å²) < 4.78 is 37.6. The van der Waals surface area contributed by atoms with E-state index in [1.165, 1.54) is 11.3 Å². The number of hydrogen-bond donors (Lipinski definition) is 2. The zero-order valence-corrected chi connectivity index (χ0v) is 11.1. The maximum Gasteiger partial charge on any atom is 0.401 e. The minimum atomic E-state index is -4.37. The van der Waals surface area contributed by atoms with Gasteiger partial charge < -0.3 is 10.1 Å². The molecule has 2 aromatic heterocycles. The minimum Gasteiger partial charge on any atom is -0.395 e. The Morgan fingerprint density at radius 1 is 1.45 bits per heavy atom. The summed E-state index contributed by atoms with van der Waals surface area (Å²) in [5.41, 5.74) is 0.0978. The molecule has 110 valence electrons. The number of H-pyrrole nitrogens is 1. The second-order valence-corrected chi connectivity index (χ2v) is 5.11. The maximum atomic E-state index is 12.4. The summed E-state index contributed by atoms with van der Waals surface area (Å²) in [6.07, 6.45) is -4.37. The van der Waals surface area contributed by atoms with Gasteiger partial charge in [-0.1, -0.05) is 0 Å². The number of aromatic nitrogens is 2. The van der Waals surface area contributed by atoms with Crippen molar-refractivity contribution in [2.45, 2.75) is 12.7 Å². The van der Waals surface area contributed by atoms with Crippen LogP contribution < -0.4 is 5.56 Å². The van der Waals surface area contributed by atoms with Crippen LogP contribution in [0.4, 0.5) is 13.2 Å². The molecular weight excluding hydrogens is 295 g/mol. The molecule has 0 saturated carbocycles. The molecular formula is C11H12F3N3O2S. The number of alkyl halides is 3. The summed E-state index contributed by atoms with van der Waals surface area (Å²) in [4.78, 5) is 19.3. The van der Waals surface area contributed by atoms with Gasteiger partial charge in [-0.15, -0.1) is 11.3 Å². The van der Waals surface area contributed by atoms with E-state index in [0.717, 1.165) is 4.90 Å². The van der Waals surface area contributed by atoms with Crippen molar-refractivity contribution in [2.24, 2.45) is 0 Å². The van der Waals surface area contributed by atoms with Gasteiger partial charge in [0, 0.05) is 6.54 Å². The van der Waals surface area contributed by atoms with Crippen molar-refractivity contribution in [1.82, 2.24) is 14.9 Å². The molecule has 20 heavy (non-hydrogen) atoms. The summed E-state index contributed by atoms with van der Waals surface area (Å²) in [6, 6.07) is 1.64. The first kappa shape index (κ1) is 14.9. The van der Waals surface area contributed by atoms with Gasteiger partial charge in [0.1, 0.15) is 10.5 Å². The number of aromatic amines is 1. The summed E-state index contributed by atoms with van der Waals surface area (Å²) in [5, 5.41) is 10.5. The highest BCUT2D eigenvalue weighted by Crippen LogP contribution is 2.18. The fourth-order valence-corrected chi connectivity index (χ4v) is 2.54. The van der Waals surface area contributed by atoms with Gasteiger partial charge >= 0.3 is 6.18 Å². The van der Waals surface area contributed by atoms with Gasteiger partial charge in [0.15, 0.2) is 0 Å². The molecule has 0 radical (unpaired) electrons. The Morgan fingerprint density at radius 2 is 2.20 bits per heavy atom. The fourth-order valence-electron chi connectivity index (χ4n) is 1.82. The predicted molar refractivity (Wildman–Crippen MR) is 68.7 cm³/mol. The molecule has 0 aromatic carbocycles. The van der Waals surface area contributed by atoms with Crippen molar-refractivity contribution in [3.63, 3.8) is 0 Å². The minimum absolute atomic E-state index is 0.148. The fraction of sp³-hybridized carbons (Fsp3) is 0.455. The molecule has 0 spiro atoms.